The highest BCUT2D eigenvalue weighted by molar-refractivity contribution is 5.85. The van der Waals surface area contributed by atoms with Crippen LogP contribution in [-0.2, 0) is 13.1 Å². The molecule has 25 heavy (non-hydrogen) atoms. The summed E-state index contributed by atoms with van der Waals surface area (Å²) in [4.78, 5) is 4.35. The van der Waals surface area contributed by atoms with Gasteiger partial charge in [-0.1, -0.05) is 55.0 Å². The average Bonchev–Trinajstić information content (AvgIpc) is 3.38. The lowest BCUT2D eigenvalue weighted by atomic mass is 10.0. The normalized spacial score (nSPS) is 18.9. The van der Waals surface area contributed by atoms with E-state index in [1.807, 2.05) is 12.3 Å². The predicted molar refractivity (Wildman–Crippen MR) is 110 cm³/mol. The second kappa shape index (κ2) is 10.6. The average molecular weight is 380 g/mol. The topological polar surface area (TPSA) is 50.9 Å². The fourth-order valence-electron chi connectivity index (χ4n) is 3.12. The molecule has 3 N–H and O–H groups in total. The Bertz CT molecular complexity index is 674. The van der Waals surface area contributed by atoms with Crippen molar-refractivity contribution >= 4 is 30.9 Å². The summed E-state index contributed by atoms with van der Waals surface area (Å²) in [5, 5.41) is 3.66. The second-order valence-corrected chi connectivity index (χ2v) is 6.13. The van der Waals surface area contributed by atoms with E-state index in [9.17, 15) is 0 Å². The van der Waals surface area contributed by atoms with Gasteiger partial charge in [0.2, 0.25) is 0 Å². The molecule has 0 saturated heterocycles. The zero-order chi connectivity index (χ0) is 16.1. The van der Waals surface area contributed by atoms with Gasteiger partial charge >= 0.3 is 0 Å². The molecule has 2 aromatic rings. The molecule has 0 radical (unpaired) electrons. The number of aromatic nitrogens is 1. The Morgan fingerprint density at radius 2 is 1.96 bits per heavy atom. The number of benzene rings is 1. The van der Waals surface area contributed by atoms with Crippen molar-refractivity contribution in [3.05, 3.63) is 71.1 Å². The largest absolute Gasteiger partial charge is 0.325 e. The first kappa shape index (κ1) is 21.7. The molecule has 0 unspecified atom stereocenters. The molecular weight excluding hydrogens is 353 g/mol. The summed E-state index contributed by atoms with van der Waals surface area (Å²) in [6.07, 6.45) is 6.49. The summed E-state index contributed by atoms with van der Waals surface area (Å²) in [5.74, 6) is 0.665. The molecule has 0 bridgehead atoms. The van der Waals surface area contributed by atoms with Gasteiger partial charge in [0.25, 0.3) is 0 Å². The number of halogens is 2. The Morgan fingerprint density at radius 1 is 1.20 bits per heavy atom. The maximum Gasteiger partial charge on any atom is 0.0584 e. The summed E-state index contributed by atoms with van der Waals surface area (Å²) >= 11 is 0. The summed E-state index contributed by atoms with van der Waals surface area (Å²) < 4.78 is 0. The Labute approximate surface area is 162 Å². The number of pyridine rings is 1. The van der Waals surface area contributed by atoms with E-state index in [1.165, 1.54) is 17.5 Å². The number of hydrogen-bond acceptors (Lipinski definition) is 3. The van der Waals surface area contributed by atoms with Crippen LogP contribution in [0.2, 0.25) is 0 Å². The number of nitrogens with zero attached hydrogens (tertiary/aromatic N) is 1. The standard InChI is InChI=1S/C20H25N3.2ClH/c1-2-16(11-15-7-4-3-5-8-15)18-12-19(18)23-14-17-9-6-10-22-20(17)13-21;;/h3-11,18-19,23H,2,12-14,21H2,1H3;2*1H/b16-11+;;/t18-,19+;;/m0../s1. The molecule has 1 saturated carbocycles. The van der Waals surface area contributed by atoms with E-state index in [-0.39, 0.29) is 24.8 Å². The third-order valence-corrected chi connectivity index (χ3v) is 4.56. The maximum absolute atomic E-state index is 5.76. The van der Waals surface area contributed by atoms with Crippen LogP contribution in [0.25, 0.3) is 6.08 Å². The van der Waals surface area contributed by atoms with E-state index < -0.39 is 0 Å². The van der Waals surface area contributed by atoms with Crippen molar-refractivity contribution in [1.29, 1.82) is 0 Å². The first-order valence-electron chi connectivity index (χ1n) is 8.43. The minimum atomic E-state index is 0. The van der Waals surface area contributed by atoms with E-state index in [2.05, 4.69) is 59.7 Å². The third-order valence-electron chi connectivity index (χ3n) is 4.56. The van der Waals surface area contributed by atoms with E-state index in [0.717, 1.165) is 18.7 Å². The van der Waals surface area contributed by atoms with E-state index in [0.29, 0.717) is 18.5 Å². The van der Waals surface area contributed by atoms with Crippen LogP contribution >= 0.6 is 24.8 Å². The molecule has 1 fully saturated rings. The number of hydrogen-bond donors (Lipinski definition) is 2. The monoisotopic (exact) mass is 379 g/mol. The van der Waals surface area contributed by atoms with Crippen LogP contribution in [0.4, 0.5) is 0 Å². The van der Waals surface area contributed by atoms with Crippen molar-refractivity contribution < 1.29 is 0 Å². The molecule has 5 heteroatoms. The predicted octanol–water partition coefficient (Wildman–Crippen LogP) is 4.36. The number of nitrogens with two attached hydrogens (primary N) is 1. The Hall–Kier alpha value is -1.39. The fourth-order valence-corrected chi connectivity index (χ4v) is 3.12. The summed E-state index contributed by atoms with van der Waals surface area (Å²) in [7, 11) is 0. The van der Waals surface area contributed by atoms with Crippen molar-refractivity contribution in [3.63, 3.8) is 0 Å². The van der Waals surface area contributed by atoms with Crippen molar-refractivity contribution in [1.82, 2.24) is 10.3 Å². The van der Waals surface area contributed by atoms with Gasteiger partial charge in [-0.25, -0.2) is 0 Å². The van der Waals surface area contributed by atoms with Gasteiger partial charge in [0, 0.05) is 25.3 Å². The molecule has 1 aromatic heterocycles. The highest BCUT2D eigenvalue weighted by atomic mass is 35.5. The summed E-state index contributed by atoms with van der Waals surface area (Å²) in [6, 6.07) is 15.3. The molecule has 136 valence electrons. The second-order valence-electron chi connectivity index (χ2n) is 6.13. The Morgan fingerprint density at radius 3 is 2.64 bits per heavy atom. The van der Waals surface area contributed by atoms with E-state index in [1.54, 1.807) is 5.57 Å². The zero-order valence-corrected chi connectivity index (χ0v) is 16.2. The first-order chi connectivity index (χ1) is 11.3. The van der Waals surface area contributed by atoms with Gasteiger partial charge in [0.1, 0.15) is 0 Å². The molecule has 1 aliphatic carbocycles. The molecule has 3 nitrogen and oxygen atoms in total. The quantitative estimate of drug-likeness (QED) is 0.751. The van der Waals surface area contributed by atoms with Crippen molar-refractivity contribution in [2.45, 2.75) is 38.9 Å². The number of rotatable bonds is 7. The smallest absolute Gasteiger partial charge is 0.0584 e. The van der Waals surface area contributed by atoms with Crippen LogP contribution in [0, 0.1) is 5.92 Å². The molecule has 1 aliphatic rings. The molecular formula is C20H27Cl2N3. The molecule has 0 spiro atoms. The van der Waals surface area contributed by atoms with Crippen LogP contribution < -0.4 is 11.1 Å². The minimum Gasteiger partial charge on any atom is -0.325 e. The van der Waals surface area contributed by atoms with Crippen LogP contribution in [0.1, 0.15) is 36.6 Å². The highest BCUT2D eigenvalue weighted by Gasteiger charge is 2.38. The third kappa shape index (κ3) is 5.82. The van der Waals surface area contributed by atoms with Crippen LogP contribution in [0.3, 0.4) is 0 Å². The van der Waals surface area contributed by atoms with Crippen LogP contribution in [-0.4, -0.2) is 11.0 Å². The van der Waals surface area contributed by atoms with Gasteiger partial charge in [0.05, 0.1) is 5.69 Å². The minimum absolute atomic E-state index is 0. The van der Waals surface area contributed by atoms with Crippen molar-refractivity contribution in [3.8, 4) is 0 Å². The lowest BCUT2D eigenvalue weighted by Crippen LogP contribution is -2.20. The van der Waals surface area contributed by atoms with Gasteiger partial charge < -0.3 is 11.1 Å². The Kier molecular flexibility index (Phi) is 9.15. The number of nitrogens with one attached hydrogen (secondary N) is 1. The molecule has 3 rings (SSSR count). The molecule has 2 atom stereocenters. The zero-order valence-electron chi connectivity index (χ0n) is 14.5. The Balaban J connectivity index is 0.00000156. The van der Waals surface area contributed by atoms with E-state index in [4.69, 9.17) is 5.73 Å². The SMILES string of the molecule is CC/C(=C\c1ccccc1)[C@@H]1C[C@H]1NCc1cccnc1CN.Cl.Cl. The molecule has 1 heterocycles. The van der Waals surface area contributed by atoms with Gasteiger partial charge in [-0.05, 0) is 36.0 Å². The van der Waals surface area contributed by atoms with Crippen molar-refractivity contribution in [2.24, 2.45) is 11.7 Å². The lowest BCUT2D eigenvalue weighted by molar-refractivity contribution is 0.648. The fraction of sp³-hybridized carbons (Fsp3) is 0.350. The molecule has 1 aromatic carbocycles. The lowest BCUT2D eigenvalue weighted by Gasteiger charge is -2.09. The van der Waals surface area contributed by atoms with Crippen LogP contribution in [0.5, 0.6) is 0 Å². The van der Waals surface area contributed by atoms with Crippen molar-refractivity contribution in [2.75, 3.05) is 0 Å². The maximum atomic E-state index is 5.76. The van der Waals surface area contributed by atoms with E-state index >= 15 is 0 Å². The summed E-state index contributed by atoms with van der Waals surface area (Å²) in [6.45, 7) is 3.60. The molecule has 0 amide bonds. The highest BCUT2D eigenvalue weighted by Crippen LogP contribution is 2.39. The van der Waals surface area contributed by atoms with Crippen LogP contribution in [0.15, 0.2) is 54.2 Å². The van der Waals surface area contributed by atoms with Gasteiger partial charge in [-0.2, -0.15) is 0 Å². The summed E-state index contributed by atoms with van der Waals surface area (Å²) in [5.41, 5.74) is 10.8. The van der Waals surface area contributed by atoms with Gasteiger partial charge in [-0.15, -0.1) is 24.8 Å². The van der Waals surface area contributed by atoms with Gasteiger partial charge in [0.15, 0.2) is 0 Å². The first-order valence-corrected chi connectivity index (χ1v) is 8.43. The molecule has 0 aliphatic heterocycles. The van der Waals surface area contributed by atoms with Gasteiger partial charge in [-0.3, -0.25) is 4.98 Å².